The van der Waals surface area contributed by atoms with Crippen LogP contribution < -0.4 is 0 Å². The summed E-state index contributed by atoms with van der Waals surface area (Å²) in [4.78, 5) is 17.2. The number of aliphatic hydroxyl groups is 1. The number of ether oxygens (including phenoxy) is 1. The van der Waals surface area contributed by atoms with Crippen molar-refractivity contribution in [3.8, 4) is 0 Å². The van der Waals surface area contributed by atoms with Crippen LogP contribution in [0.15, 0.2) is 23.6 Å². The molecule has 2 atom stereocenters. The molecule has 0 bridgehead atoms. The van der Waals surface area contributed by atoms with Crippen LogP contribution in [0.5, 0.6) is 0 Å². The number of likely N-dealkylation sites (tertiary alicyclic amines) is 1. The van der Waals surface area contributed by atoms with Crippen LogP contribution in [0.25, 0.3) is 6.08 Å². The highest BCUT2D eigenvalue weighted by Gasteiger charge is 2.37. The largest absolute Gasteiger partial charge is 0.390 e. The fourth-order valence-electron chi connectivity index (χ4n) is 2.86. The second-order valence-corrected chi connectivity index (χ2v) is 6.35. The minimum Gasteiger partial charge on any atom is -0.390 e. The van der Waals surface area contributed by atoms with E-state index < -0.39 is 6.10 Å². The summed E-state index contributed by atoms with van der Waals surface area (Å²) in [5.41, 5.74) is 0. The first kappa shape index (κ1) is 14.7. The maximum atomic E-state index is 12.2. The van der Waals surface area contributed by atoms with Gasteiger partial charge in [0, 0.05) is 37.1 Å². The smallest absolute Gasteiger partial charge is 0.246 e. The van der Waals surface area contributed by atoms with Crippen LogP contribution in [0, 0.1) is 0 Å². The highest BCUT2D eigenvalue weighted by molar-refractivity contribution is 7.10. The first-order valence-corrected chi connectivity index (χ1v) is 8.12. The molecule has 0 radical (unpaired) electrons. The third-order valence-electron chi connectivity index (χ3n) is 4.02. The number of aliphatic hydroxyl groups excluding tert-OH is 1. The summed E-state index contributed by atoms with van der Waals surface area (Å²) < 4.78 is 5.33. The first-order valence-electron chi connectivity index (χ1n) is 7.24. The van der Waals surface area contributed by atoms with Gasteiger partial charge in [-0.1, -0.05) is 6.07 Å². The van der Waals surface area contributed by atoms with Crippen LogP contribution in [0.4, 0.5) is 0 Å². The zero-order chi connectivity index (χ0) is 14.7. The lowest BCUT2D eigenvalue weighted by molar-refractivity contribution is -0.125. The van der Waals surface area contributed by atoms with Crippen molar-refractivity contribution in [3.05, 3.63) is 28.5 Å². The van der Waals surface area contributed by atoms with Gasteiger partial charge in [0.1, 0.15) is 0 Å². The Morgan fingerprint density at radius 3 is 2.90 bits per heavy atom. The number of morpholine rings is 1. The number of rotatable bonds is 3. The molecule has 0 aliphatic carbocycles. The molecule has 3 rings (SSSR count). The van der Waals surface area contributed by atoms with Crippen LogP contribution >= 0.6 is 11.3 Å². The molecule has 0 saturated carbocycles. The van der Waals surface area contributed by atoms with Crippen molar-refractivity contribution in [3.63, 3.8) is 0 Å². The van der Waals surface area contributed by atoms with Crippen LogP contribution in [0.1, 0.15) is 4.88 Å². The Balaban J connectivity index is 1.58. The minimum atomic E-state index is -0.470. The van der Waals surface area contributed by atoms with Gasteiger partial charge in [0.15, 0.2) is 0 Å². The summed E-state index contributed by atoms with van der Waals surface area (Å²) in [5, 5.41) is 12.2. The second kappa shape index (κ2) is 6.70. The SMILES string of the molecule is O=C(C=Cc1cccs1)N1C[C@@H](O)[C@H](N2CCOCC2)C1. The number of nitrogens with zero attached hydrogens (tertiary/aromatic N) is 2. The van der Waals surface area contributed by atoms with Crippen LogP contribution in [0.3, 0.4) is 0 Å². The molecule has 5 nitrogen and oxygen atoms in total. The minimum absolute atomic E-state index is 0.0294. The van der Waals surface area contributed by atoms with E-state index in [2.05, 4.69) is 4.90 Å². The first-order chi connectivity index (χ1) is 10.2. The van der Waals surface area contributed by atoms with Crippen molar-refractivity contribution >= 4 is 23.3 Å². The Bertz CT molecular complexity index is 497. The van der Waals surface area contributed by atoms with Crippen molar-refractivity contribution in [1.82, 2.24) is 9.80 Å². The number of carbonyl (C=O) groups is 1. The van der Waals surface area contributed by atoms with E-state index in [1.54, 1.807) is 22.3 Å². The molecule has 6 heteroatoms. The molecule has 0 aromatic carbocycles. The quantitative estimate of drug-likeness (QED) is 0.834. The number of amides is 1. The molecule has 1 N–H and O–H groups in total. The number of hydrogen-bond donors (Lipinski definition) is 1. The number of thiophene rings is 1. The predicted molar refractivity (Wildman–Crippen MR) is 82.1 cm³/mol. The fourth-order valence-corrected chi connectivity index (χ4v) is 3.48. The van der Waals surface area contributed by atoms with Crippen LogP contribution in [-0.4, -0.2) is 72.4 Å². The van der Waals surface area contributed by atoms with Crippen molar-refractivity contribution in [2.24, 2.45) is 0 Å². The van der Waals surface area contributed by atoms with Crippen molar-refractivity contribution < 1.29 is 14.6 Å². The molecule has 114 valence electrons. The second-order valence-electron chi connectivity index (χ2n) is 5.38. The molecular weight excluding hydrogens is 288 g/mol. The van der Waals surface area contributed by atoms with E-state index in [9.17, 15) is 9.90 Å². The van der Waals surface area contributed by atoms with E-state index in [1.165, 1.54) is 0 Å². The normalized spacial score (nSPS) is 27.6. The Labute approximate surface area is 128 Å². The van der Waals surface area contributed by atoms with Crippen molar-refractivity contribution in [2.75, 3.05) is 39.4 Å². The Morgan fingerprint density at radius 2 is 2.19 bits per heavy atom. The topological polar surface area (TPSA) is 53.0 Å². The maximum Gasteiger partial charge on any atom is 0.246 e. The van der Waals surface area contributed by atoms with Gasteiger partial charge < -0.3 is 14.7 Å². The highest BCUT2D eigenvalue weighted by Crippen LogP contribution is 2.18. The van der Waals surface area contributed by atoms with Gasteiger partial charge in [0.25, 0.3) is 0 Å². The summed E-state index contributed by atoms with van der Waals surface area (Å²) in [5.74, 6) is -0.0294. The molecule has 2 aliphatic heterocycles. The lowest BCUT2D eigenvalue weighted by Crippen LogP contribution is -2.49. The van der Waals surface area contributed by atoms with E-state index in [0.717, 1.165) is 18.0 Å². The Hall–Kier alpha value is -1.21. The highest BCUT2D eigenvalue weighted by atomic mass is 32.1. The van der Waals surface area contributed by atoms with Crippen LogP contribution in [0.2, 0.25) is 0 Å². The van der Waals surface area contributed by atoms with Crippen molar-refractivity contribution in [2.45, 2.75) is 12.1 Å². The molecule has 2 saturated heterocycles. The average molecular weight is 308 g/mol. The molecule has 2 fully saturated rings. The van der Waals surface area contributed by atoms with Gasteiger partial charge >= 0.3 is 0 Å². The molecule has 21 heavy (non-hydrogen) atoms. The summed E-state index contributed by atoms with van der Waals surface area (Å²) in [6.45, 7) is 4.07. The molecule has 0 unspecified atom stereocenters. The third-order valence-corrected chi connectivity index (χ3v) is 4.86. The summed E-state index contributed by atoms with van der Waals surface area (Å²) in [6.07, 6.45) is 2.96. The van der Waals surface area contributed by atoms with Crippen molar-refractivity contribution in [1.29, 1.82) is 0 Å². The fraction of sp³-hybridized carbons (Fsp3) is 0.533. The molecule has 3 heterocycles. The zero-order valence-corrected chi connectivity index (χ0v) is 12.7. The summed E-state index contributed by atoms with van der Waals surface area (Å²) in [6, 6.07) is 3.97. The lowest BCUT2D eigenvalue weighted by atomic mass is 10.2. The van der Waals surface area contributed by atoms with Gasteiger partial charge in [0.05, 0.1) is 25.4 Å². The molecule has 1 aromatic heterocycles. The van der Waals surface area contributed by atoms with Gasteiger partial charge in [-0.05, 0) is 17.5 Å². The van der Waals surface area contributed by atoms with E-state index in [1.807, 2.05) is 23.6 Å². The summed E-state index contributed by atoms with van der Waals surface area (Å²) >= 11 is 1.60. The third kappa shape index (κ3) is 3.52. The maximum absolute atomic E-state index is 12.2. The van der Waals surface area contributed by atoms with E-state index in [0.29, 0.717) is 26.3 Å². The van der Waals surface area contributed by atoms with Gasteiger partial charge in [-0.3, -0.25) is 9.69 Å². The lowest BCUT2D eigenvalue weighted by Gasteiger charge is -2.33. The predicted octanol–water partition coefficient (Wildman–Crippen LogP) is 0.665. The standard InChI is InChI=1S/C15H20N2O3S/c18-14-11-17(10-13(14)16-5-7-20-8-6-16)15(19)4-3-12-2-1-9-21-12/h1-4,9,13-14,18H,5-8,10-11H2/t13-,14-/m1/s1. The number of hydrogen-bond acceptors (Lipinski definition) is 5. The summed E-state index contributed by atoms with van der Waals surface area (Å²) in [7, 11) is 0. The molecular formula is C15H20N2O3S. The van der Waals surface area contributed by atoms with Gasteiger partial charge in [-0.25, -0.2) is 0 Å². The Kier molecular flexibility index (Phi) is 4.70. The Morgan fingerprint density at radius 1 is 1.38 bits per heavy atom. The van der Waals surface area contributed by atoms with Gasteiger partial charge in [-0.2, -0.15) is 0 Å². The zero-order valence-electron chi connectivity index (χ0n) is 11.9. The van der Waals surface area contributed by atoms with E-state index >= 15 is 0 Å². The van der Waals surface area contributed by atoms with Crippen LogP contribution in [-0.2, 0) is 9.53 Å². The number of β-amino-alcohol motifs (C(OH)–C–C–N with tert-alkyl or cyclic N) is 1. The average Bonchev–Trinajstić information content (AvgIpc) is 3.15. The number of carbonyl (C=O) groups excluding carboxylic acids is 1. The molecule has 1 aromatic rings. The molecule has 0 spiro atoms. The van der Waals surface area contributed by atoms with E-state index in [-0.39, 0.29) is 11.9 Å². The van der Waals surface area contributed by atoms with Gasteiger partial charge in [0.2, 0.25) is 5.91 Å². The molecule has 1 amide bonds. The molecule has 2 aliphatic rings. The van der Waals surface area contributed by atoms with Gasteiger partial charge in [-0.15, -0.1) is 11.3 Å². The van der Waals surface area contributed by atoms with E-state index in [4.69, 9.17) is 4.74 Å². The monoisotopic (exact) mass is 308 g/mol.